The number of Topliss-reactive ketones (excluding diaryl/α,β-unsaturated/α-hetero) is 1. The average Bonchev–Trinajstić information content (AvgIpc) is 1.59. The molecule has 0 saturated heterocycles. The highest BCUT2D eigenvalue weighted by atomic mass is 16.1. The largest absolute Gasteiger partial charge is 1.00 e. The van der Waals surface area contributed by atoms with Gasteiger partial charge in [0.15, 0.2) is 5.78 Å². The van der Waals surface area contributed by atoms with Crippen LogP contribution >= 0.6 is 0 Å². The van der Waals surface area contributed by atoms with E-state index in [1.807, 2.05) is 109 Å². The van der Waals surface area contributed by atoms with Crippen LogP contribution in [-0.4, -0.2) is 33.6 Å². The number of allylic oxidation sites excluding steroid dienone is 4. The molecule has 4 aromatic heterocycles. The van der Waals surface area contributed by atoms with Crippen LogP contribution in [0.5, 0.6) is 0 Å². The smallest absolute Gasteiger partial charge is 0.195 e. The minimum atomic E-state index is 0. The van der Waals surface area contributed by atoms with Gasteiger partial charge in [-0.3, -0.25) is 24.7 Å². The number of ketones is 1. The molecule has 3 aliphatic carbocycles. The lowest BCUT2D eigenvalue weighted by Crippen LogP contribution is -2.02. The summed E-state index contributed by atoms with van der Waals surface area (Å²) in [5.41, 5.74) is 25.0. The molecule has 0 fully saturated rings. The van der Waals surface area contributed by atoms with Crippen LogP contribution in [0.1, 0.15) is 29.2 Å². The molecule has 4 heterocycles. The van der Waals surface area contributed by atoms with Gasteiger partial charge in [-0.05, 0) is 124 Å². The van der Waals surface area contributed by atoms with E-state index in [0.29, 0.717) is 0 Å². The predicted molar refractivity (Wildman–Crippen MR) is 368 cm³/mol. The van der Waals surface area contributed by atoms with E-state index in [2.05, 4.69) is 193 Å². The Morgan fingerprint density at radius 3 is 1.25 bits per heavy atom. The van der Waals surface area contributed by atoms with Crippen molar-refractivity contribution in [3.05, 3.63) is 313 Å². The Kier molecular flexibility index (Phi) is 13.5. The zero-order chi connectivity index (χ0) is 59.2. The van der Waals surface area contributed by atoms with Crippen LogP contribution in [0, 0.1) is 12.3 Å². The molecule has 0 saturated carbocycles. The maximum Gasteiger partial charge on any atom is 0.195 e. The van der Waals surface area contributed by atoms with Gasteiger partial charge in [0.05, 0.1) is 29.9 Å². The van der Waals surface area contributed by atoms with E-state index < -0.39 is 0 Å². The fourth-order valence-corrected chi connectivity index (χ4v) is 13.3. The standard InChI is InChI=1S/C40H24N2.C27H16O.C14H8N2.CH3B.H/c1-3-10-25(11-4-1)33-23-34(30-22-29-20-19-28-16-9-21-41-39(28)40(29)42-24-30)36(27-12-5-2-6-13-27)38-32-18-8-15-26-14-7-17-31(35(26)32)37(33)38;28-27-23(18-9-3-1-4-10-18)25-20-15-7-13-17-14-8-16-21(22(17)20)26(25)24(27)19-11-5-2-6-12-19;1-2-10-8-12-6-5-11-4-3-7-15-13(11)14(12)16-9-10;1-2;/h1-24H;1-16H;1,3-9H;1H3;/q;;;;-1/i;;;;1+1. The molecule has 15 aromatic rings. The summed E-state index contributed by atoms with van der Waals surface area (Å²) in [7, 11) is 4.50. The number of pyridine rings is 4. The molecule has 0 unspecified atom stereocenters. The monoisotopic (exact) mass is 1120 g/mol. The van der Waals surface area contributed by atoms with E-state index in [1.54, 1.807) is 12.4 Å². The Bertz CT molecular complexity index is 5320. The van der Waals surface area contributed by atoms with Crippen LogP contribution in [0.4, 0.5) is 0 Å². The number of terminal acetylenes is 1. The first-order chi connectivity index (χ1) is 43.6. The van der Waals surface area contributed by atoms with Crippen molar-refractivity contribution in [2.45, 2.75) is 6.82 Å². The highest BCUT2D eigenvalue weighted by molar-refractivity contribution is 6.61. The number of carbonyl (C=O) groups is 1. The molecule has 88 heavy (non-hydrogen) atoms. The summed E-state index contributed by atoms with van der Waals surface area (Å²) in [6.07, 6.45) is 12.7. The maximum atomic E-state index is 13.7. The van der Waals surface area contributed by atoms with Crippen molar-refractivity contribution in [3.8, 4) is 68.0 Å². The minimum Gasteiger partial charge on any atom is -1.00 e. The van der Waals surface area contributed by atoms with Crippen molar-refractivity contribution in [2.75, 3.05) is 0 Å². The topological polar surface area (TPSA) is 68.6 Å². The molecule has 0 aliphatic heterocycles. The normalized spacial score (nSPS) is 12.3. The second-order valence-corrected chi connectivity index (χ2v) is 21.8. The second-order valence-electron chi connectivity index (χ2n) is 21.8. The van der Waals surface area contributed by atoms with E-state index in [-0.39, 0.29) is 7.21 Å². The zero-order valence-corrected chi connectivity index (χ0v) is 48.0. The fraction of sp³-hybridized carbons (Fsp3) is 0.0122. The molecule has 0 bridgehead atoms. The summed E-state index contributed by atoms with van der Waals surface area (Å²) in [6.45, 7) is 1.50. The van der Waals surface area contributed by atoms with E-state index in [0.717, 1.165) is 88.2 Å². The van der Waals surface area contributed by atoms with E-state index >= 15 is 0 Å². The molecule has 0 N–H and O–H groups in total. The van der Waals surface area contributed by atoms with Crippen molar-refractivity contribution < 1.29 is 6.22 Å². The lowest BCUT2D eigenvalue weighted by atomic mass is 9.82. The lowest BCUT2D eigenvalue weighted by Gasteiger charge is -2.21. The number of carbonyl (C=O) groups excluding carboxylic acids is 1. The van der Waals surface area contributed by atoms with Crippen LogP contribution in [0.3, 0.4) is 0 Å². The summed E-state index contributed by atoms with van der Waals surface area (Å²) in [5, 5.41) is 9.39. The van der Waals surface area contributed by atoms with Gasteiger partial charge >= 0.3 is 0 Å². The summed E-state index contributed by atoms with van der Waals surface area (Å²) < 4.78 is 0. The third kappa shape index (κ3) is 8.87. The maximum absolute atomic E-state index is 13.7. The molecule has 0 atom stereocenters. The van der Waals surface area contributed by atoms with Crippen LogP contribution in [0.2, 0.25) is 6.82 Å². The number of hydrogen-bond acceptors (Lipinski definition) is 5. The van der Waals surface area contributed by atoms with E-state index in [1.165, 1.54) is 89.6 Å². The number of benzene rings is 11. The Hall–Kier alpha value is -11.6. The number of fused-ring (bicyclic) bond motifs is 12. The Morgan fingerprint density at radius 1 is 0.318 bits per heavy atom. The molecule has 2 radical (unpaired) electrons. The van der Waals surface area contributed by atoms with E-state index in [9.17, 15) is 4.79 Å². The highest BCUT2D eigenvalue weighted by Crippen LogP contribution is 2.58. The van der Waals surface area contributed by atoms with Crippen LogP contribution in [0.25, 0.3) is 143 Å². The van der Waals surface area contributed by atoms with Gasteiger partial charge in [-0.15, -0.1) is 6.42 Å². The summed E-state index contributed by atoms with van der Waals surface area (Å²) in [6, 6.07) is 90.9. The Morgan fingerprint density at radius 2 is 0.727 bits per heavy atom. The van der Waals surface area contributed by atoms with Gasteiger partial charge in [-0.2, -0.15) is 0 Å². The van der Waals surface area contributed by atoms with Gasteiger partial charge in [-0.25, -0.2) is 0 Å². The quantitative estimate of drug-likeness (QED) is 0.0976. The molecule has 0 amide bonds. The van der Waals surface area contributed by atoms with Gasteiger partial charge < -0.3 is 1.43 Å². The lowest BCUT2D eigenvalue weighted by molar-refractivity contribution is -0.108. The first-order valence-corrected chi connectivity index (χ1v) is 29.4. The molecular formula is C82H52BN4O-. The molecule has 11 aromatic carbocycles. The van der Waals surface area contributed by atoms with Gasteiger partial charge in [0, 0.05) is 79.8 Å². The first-order valence-electron chi connectivity index (χ1n) is 29.4. The second kappa shape index (κ2) is 22.4. The fourth-order valence-electron chi connectivity index (χ4n) is 13.3. The molecule has 6 heteroatoms. The van der Waals surface area contributed by atoms with E-state index in [4.69, 9.17) is 11.4 Å². The molecule has 0 spiro atoms. The number of rotatable bonds is 5. The average molecular weight is 1120 g/mol. The van der Waals surface area contributed by atoms with Crippen LogP contribution in [-0.2, 0) is 4.79 Å². The molecule has 3 aliphatic rings. The first kappa shape index (κ1) is 53.1. The van der Waals surface area contributed by atoms with Crippen molar-refractivity contribution in [2.24, 2.45) is 0 Å². The summed E-state index contributed by atoms with van der Waals surface area (Å²) >= 11 is 0. The molecular weight excluding hydrogens is 1070 g/mol. The van der Waals surface area contributed by atoms with Gasteiger partial charge in [0.25, 0.3) is 0 Å². The van der Waals surface area contributed by atoms with Crippen LogP contribution < -0.4 is 0 Å². The van der Waals surface area contributed by atoms with Crippen molar-refractivity contribution in [1.82, 2.24) is 19.9 Å². The summed E-state index contributed by atoms with van der Waals surface area (Å²) in [5.74, 6) is 2.70. The summed E-state index contributed by atoms with van der Waals surface area (Å²) in [4.78, 5) is 32.2. The Labute approximate surface area is 512 Å². The third-order valence-corrected chi connectivity index (χ3v) is 17.0. The van der Waals surface area contributed by atoms with Gasteiger partial charge in [0.2, 0.25) is 0 Å². The number of aromatic nitrogens is 4. The van der Waals surface area contributed by atoms with Crippen molar-refractivity contribution in [3.63, 3.8) is 0 Å². The van der Waals surface area contributed by atoms with Crippen LogP contribution in [0.15, 0.2) is 286 Å². The molecule has 5 nitrogen and oxygen atoms in total. The van der Waals surface area contributed by atoms with Gasteiger partial charge in [0.1, 0.15) is 0 Å². The number of hydrogen-bond donors (Lipinski definition) is 0. The Balaban J connectivity index is 0.000000127. The molecule has 18 rings (SSSR count). The van der Waals surface area contributed by atoms with Crippen molar-refractivity contribution in [1.29, 1.82) is 0 Å². The molecule has 410 valence electrons. The van der Waals surface area contributed by atoms with Gasteiger partial charge in [-0.1, -0.05) is 243 Å². The number of nitrogens with zero attached hydrogens (tertiary/aromatic N) is 4. The zero-order valence-electron chi connectivity index (χ0n) is 49.0. The minimum absolute atomic E-state index is 0. The third-order valence-electron chi connectivity index (χ3n) is 17.0. The van der Waals surface area contributed by atoms with Crippen molar-refractivity contribution >= 4 is 101 Å². The predicted octanol–water partition coefficient (Wildman–Crippen LogP) is 19.9. The highest BCUT2D eigenvalue weighted by Gasteiger charge is 2.40. The SMILES string of the molecule is C#Cc1cnc2c(ccc3cccnc32)c1.O=C1C(c2ccccc2)=C2C(=C1c1ccccc1)c1cccc3cccc2c13.[2H-].[B]C.c1ccc(-c2cc(-c3cnc4c(ccc5cccnc54)c3)c(-c3ccccc3)c3c2-c2cccc4cccc-3c24)cc1.